The normalized spacial score (nSPS) is 15.7. The van der Waals surface area contributed by atoms with Crippen molar-refractivity contribution in [1.29, 1.82) is 0 Å². The van der Waals surface area contributed by atoms with Gasteiger partial charge in [-0.05, 0) is 53.5 Å². The summed E-state index contributed by atoms with van der Waals surface area (Å²) in [6.45, 7) is 11.1. The summed E-state index contributed by atoms with van der Waals surface area (Å²) in [6, 6.07) is 2.13. The van der Waals surface area contributed by atoms with Gasteiger partial charge in [-0.25, -0.2) is 14.3 Å². The van der Waals surface area contributed by atoms with Crippen molar-refractivity contribution in [2.24, 2.45) is 0 Å². The Labute approximate surface area is 190 Å². The van der Waals surface area contributed by atoms with Crippen LogP contribution in [-0.4, -0.2) is 53.7 Å². The number of aryl methyl sites for hydroxylation is 2. The number of piperidine rings is 1. The fourth-order valence-corrected chi connectivity index (χ4v) is 5.13. The molecule has 0 bridgehead atoms. The monoisotopic (exact) mass is 452 g/mol. The summed E-state index contributed by atoms with van der Waals surface area (Å²) in [5.74, 6) is 0.333. The van der Waals surface area contributed by atoms with E-state index in [-0.39, 0.29) is 6.09 Å². The lowest BCUT2D eigenvalue weighted by Gasteiger charge is -2.32. The van der Waals surface area contributed by atoms with E-state index >= 15 is 0 Å². The van der Waals surface area contributed by atoms with E-state index in [1.807, 2.05) is 51.5 Å². The molecule has 168 valence electrons. The third-order valence-electron chi connectivity index (χ3n) is 5.76. The minimum absolute atomic E-state index is 0.228. The van der Waals surface area contributed by atoms with Crippen molar-refractivity contribution in [3.63, 3.8) is 0 Å². The van der Waals surface area contributed by atoms with E-state index in [1.54, 1.807) is 16.2 Å². The van der Waals surface area contributed by atoms with Crippen LogP contribution in [-0.2, 0) is 4.74 Å². The number of likely N-dealkylation sites (tertiary alicyclic amines) is 1. The van der Waals surface area contributed by atoms with Gasteiger partial charge in [0.15, 0.2) is 0 Å². The smallest absolute Gasteiger partial charge is 0.410 e. The van der Waals surface area contributed by atoms with Gasteiger partial charge < -0.3 is 14.0 Å². The number of hydrogen-bond donors (Lipinski definition) is 0. The van der Waals surface area contributed by atoms with Crippen molar-refractivity contribution >= 4 is 27.9 Å². The van der Waals surface area contributed by atoms with Crippen LogP contribution in [0.5, 0.6) is 0 Å². The molecule has 0 spiro atoms. The topological polar surface area (TPSA) is 77.0 Å². The first-order chi connectivity index (χ1) is 15.2. The van der Waals surface area contributed by atoms with Crippen molar-refractivity contribution in [3.8, 4) is 10.6 Å². The van der Waals surface area contributed by atoms with Crippen LogP contribution in [0.15, 0.2) is 24.7 Å². The van der Waals surface area contributed by atoms with Crippen molar-refractivity contribution in [3.05, 3.63) is 41.7 Å². The summed E-state index contributed by atoms with van der Waals surface area (Å²) in [6.07, 6.45) is 7.71. The van der Waals surface area contributed by atoms with E-state index in [0.717, 1.165) is 51.0 Å². The minimum atomic E-state index is -0.467. The molecule has 0 N–H and O–H groups in total. The van der Waals surface area contributed by atoms with Gasteiger partial charge in [0.2, 0.25) is 4.96 Å². The van der Waals surface area contributed by atoms with Crippen molar-refractivity contribution < 1.29 is 9.53 Å². The maximum Gasteiger partial charge on any atom is 0.410 e. The summed E-state index contributed by atoms with van der Waals surface area (Å²) < 4.78 is 9.49. The molecule has 0 radical (unpaired) electrons. The van der Waals surface area contributed by atoms with Gasteiger partial charge in [-0.2, -0.15) is 5.10 Å². The van der Waals surface area contributed by atoms with E-state index in [1.165, 1.54) is 0 Å². The van der Waals surface area contributed by atoms with E-state index in [2.05, 4.69) is 21.6 Å². The van der Waals surface area contributed by atoms with Crippen LogP contribution in [0, 0.1) is 13.8 Å². The third kappa shape index (κ3) is 3.97. The molecule has 9 heteroatoms. The first kappa shape index (κ1) is 20.9. The second kappa shape index (κ2) is 7.58. The van der Waals surface area contributed by atoms with Gasteiger partial charge in [-0.3, -0.25) is 4.98 Å². The molecule has 0 atom stereocenters. The van der Waals surface area contributed by atoms with Crippen LogP contribution in [0.25, 0.3) is 21.0 Å². The quantitative estimate of drug-likeness (QED) is 0.435. The van der Waals surface area contributed by atoms with E-state index in [4.69, 9.17) is 14.8 Å². The predicted octanol–water partition coefficient (Wildman–Crippen LogP) is 4.84. The molecule has 1 aliphatic rings. The number of amides is 1. The number of nitrogens with zero attached hydrogens (tertiary/aromatic N) is 6. The van der Waals surface area contributed by atoms with Gasteiger partial charge in [-0.15, -0.1) is 0 Å². The van der Waals surface area contributed by atoms with Gasteiger partial charge in [0.05, 0.1) is 28.8 Å². The van der Waals surface area contributed by atoms with Gasteiger partial charge in [-0.1, -0.05) is 11.3 Å². The Balaban J connectivity index is 1.31. The Bertz CT molecular complexity index is 1270. The highest BCUT2D eigenvalue weighted by Crippen LogP contribution is 2.32. The highest BCUT2D eigenvalue weighted by molar-refractivity contribution is 7.19. The molecule has 8 nitrogen and oxygen atoms in total. The van der Waals surface area contributed by atoms with Gasteiger partial charge in [0.25, 0.3) is 0 Å². The lowest BCUT2D eigenvalue weighted by molar-refractivity contribution is 0.0204. The first-order valence-corrected chi connectivity index (χ1v) is 11.8. The number of hydrogen-bond acceptors (Lipinski definition) is 6. The Kier molecular flexibility index (Phi) is 4.96. The molecule has 32 heavy (non-hydrogen) atoms. The number of carbonyl (C=O) groups excluding carboxylic acids is 1. The summed E-state index contributed by atoms with van der Waals surface area (Å²) in [5.41, 5.74) is 4.76. The summed E-state index contributed by atoms with van der Waals surface area (Å²) >= 11 is 1.59. The molecule has 5 heterocycles. The van der Waals surface area contributed by atoms with Crippen LogP contribution in [0.1, 0.15) is 56.6 Å². The summed E-state index contributed by atoms with van der Waals surface area (Å²) in [7, 11) is 0. The zero-order valence-electron chi connectivity index (χ0n) is 19.1. The largest absolute Gasteiger partial charge is 0.444 e. The van der Waals surface area contributed by atoms with Gasteiger partial charge in [0.1, 0.15) is 10.6 Å². The van der Waals surface area contributed by atoms with Gasteiger partial charge >= 0.3 is 6.09 Å². The number of aromatic nitrogens is 5. The molecule has 0 aromatic carbocycles. The molecule has 5 rings (SSSR count). The molecule has 1 amide bonds. The maximum absolute atomic E-state index is 12.3. The van der Waals surface area contributed by atoms with Crippen molar-refractivity contribution in [2.75, 3.05) is 13.1 Å². The average Bonchev–Trinajstić information content (AvgIpc) is 3.39. The van der Waals surface area contributed by atoms with E-state index < -0.39 is 5.60 Å². The summed E-state index contributed by atoms with van der Waals surface area (Å²) in [4.78, 5) is 24.4. The van der Waals surface area contributed by atoms with Crippen LogP contribution < -0.4 is 0 Å². The second-order valence-corrected chi connectivity index (χ2v) is 10.5. The molecular weight excluding hydrogens is 424 g/mol. The van der Waals surface area contributed by atoms with Crippen LogP contribution >= 0.6 is 11.3 Å². The molecule has 1 aliphatic heterocycles. The third-order valence-corrected chi connectivity index (χ3v) is 6.73. The number of rotatable bonds is 2. The highest BCUT2D eigenvalue weighted by atomic mass is 32.1. The minimum Gasteiger partial charge on any atom is -0.444 e. The lowest BCUT2D eigenvalue weighted by atomic mass is 9.94. The number of ether oxygens (including phenoxy) is 1. The van der Waals surface area contributed by atoms with Gasteiger partial charge in [0, 0.05) is 37.0 Å². The van der Waals surface area contributed by atoms with Crippen LogP contribution in [0.3, 0.4) is 0 Å². The number of carbonyl (C=O) groups is 1. The number of imidazole rings is 1. The Morgan fingerprint density at radius 2 is 1.88 bits per heavy atom. The van der Waals surface area contributed by atoms with Crippen molar-refractivity contribution in [1.82, 2.24) is 28.9 Å². The maximum atomic E-state index is 12.3. The van der Waals surface area contributed by atoms with Crippen LogP contribution in [0.4, 0.5) is 4.79 Å². The van der Waals surface area contributed by atoms with Crippen molar-refractivity contribution in [2.45, 2.75) is 59.0 Å². The zero-order chi connectivity index (χ0) is 22.6. The molecule has 1 fully saturated rings. The molecule has 0 aliphatic carbocycles. The van der Waals surface area contributed by atoms with Crippen LogP contribution in [0.2, 0.25) is 0 Å². The summed E-state index contributed by atoms with van der Waals surface area (Å²) in [5, 5.41) is 5.73. The highest BCUT2D eigenvalue weighted by Gasteiger charge is 2.29. The average molecular weight is 453 g/mol. The molecule has 4 aromatic heterocycles. The van der Waals surface area contributed by atoms with E-state index in [0.29, 0.717) is 19.0 Å². The fraction of sp³-hybridized carbons (Fsp3) is 0.478. The predicted molar refractivity (Wildman–Crippen MR) is 124 cm³/mol. The Morgan fingerprint density at radius 3 is 2.56 bits per heavy atom. The molecule has 4 aromatic rings. The fourth-order valence-electron chi connectivity index (χ4n) is 4.26. The Morgan fingerprint density at radius 1 is 1.12 bits per heavy atom. The lowest BCUT2D eigenvalue weighted by Crippen LogP contribution is -2.41. The molecule has 1 saturated heterocycles. The van der Waals surface area contributed by atoms with E-state index in [9.17, 15) is 4.79 Å². The molecule has 0 saturated carbocycles. The standard InChI is InChI=1S/C23H28N6O2S/c1-14-11-28-12-17(10-19(28)15(2)24-14)20-26-29-13-18(25-21(29)32-20)16-6-8-27(9-7-16)22(30)31-23(3,4)5/h10-13,16H,6-9H2,1-5H3. The SMILES string of the molecule is Cc1cn2cc(-c3nn4cc(C5CCN(C(=O)OC(C)(C)C)CC5)nc4s3)cc2c(C)n1. The number of fused-ring (bicyclic) bond motifs is 2. The molecular formula is C23H28N6O2S. The molecule has 0 unspecified atom stereocenters. The first-order valence-electron chi connectivity index (χ1n) is 11.0. The second-order valence-electron chi connectivity index (χ2n) is 9.53. The zero-order valence-corrected chi connectivity index (χ0v) is 19.9. The Hall–Kier alpha value is -2.94.